The van der Waals surface area contributed by atoms with E-state index in [0.29, 0.717) is 52.5 Å². The van der Waals surface area contributed by atoms with E-state index in [4.69, 9.17) is 37.9 Å². The molecule has 0 aliphatic rings. The molecule has 0 aromatic rings. The minimum Gasteiger partial charge on any atom is -0.460 e. The highest BCUT2D eigenvalue weighted by Gasteiger charge is 2.16. The van der Waals surface area contributed by atoms with Crippen LogP contribution in [0.1, 0.15) is 235 Å². The number of unbranched alkanes of at least 4 members (excludes halogenated alkanes) is 23. The molecule has 0 aromatic carbocycles. The molecule has 0 saturated heterocycles. The van der Waals surface area contributed by atoms with Crippen LogP contribution in [0.2, 0.25) is 0 Å². The Bertz CT molecular complexity index is 877. The Morgan fingerprint density at radius 3 is 0.839 bits per heavy atom. The highest BCUT2D eigenvalue weighted by atomic mass is 16.6. The van der Waals surface area contributed by atoms with Crippen LogP contribution < -0.4 is 0 Å². The van der Waals surface area contributed by atoms with Crippen molar-refractivity contribution in [1.82, 2.24) is 0 Å². The standard InChI is InChI=1S/C52H102O10/c1-9-11-13-15-17-19-21-23-25-27-29-33-37-55-39-45(3)57-41-47(5)59-43-49(7)61-51(53)35-31-32-36-52(54)62-50(8)44-60-48(6)42-58-46(4)40-56-38-34-30-28-26-24-22-20-18-16-14-12-10-2/h45-50H,9-44H2,1-8H3. The number of ether oxygens (including phenoxy) is 8. The molecule has 0 heterocycles. The SMILES string of the molecule is CCCCCCCCCCCCCCOCC(C)OCC(C)OCC(C)OC(=O)CCCCC(=O)OC(C)COC(C)COC(C)COCCCCCCCCCCCCCC. The maximum Gasteiger partial charge on any atom is 0.306 e. The normalized spacial score (nSPS) is 14.6. The summed E-state index contributed by atoms with van der Waals surface area (Å²) in [6, 6.07) is 0. The van der Waals surface area contributed by atoms with E-state index in [9.17, 15) is 9.59 Å². The third-order valence-electron chi connectivity index (χ3n) is 11.1. The maximum atomic E-state index is 12.3. The van der Waals surface area contributed by atoms with Crippen molar-refractivity contribution in [2.24, 2.45) is 0 Å². The smallest absolute Gasteiger partial charge is 0.306 e. The van der Waals surface area contributed by atoms with E-state index in [1.165, 1.54) is 141 Å². The lowest BCUT2D eigenvalue weighted by Crippen LogP contribution is -2.28. The number of carbonyl (C=O) groups is 2. The van der Waals surface area contributed by atoms with Crippen molar-refractivity contribution in [3.63, 3.8) is 0 Å². The third-order valence-corrected chi connectivity index (χ3v) is 11.1. The zero-order chi connectivity index (χ0) is 45.7. The Morgan fingerprint density at radius 2 is 0.548 bits per heavy atom. The van der Waals surface area contributed by atoms with Gasteiger partial charge in [0.2, 0.25) is 0 Å². The van der Waals surface area contributed by atoms with Crippen molar-refractivity contribution in [2.45, 2.75) is 272 Å². The topological polar surface area (TPSA) is 108 Å². The van der Waals surface area contributed by atoms with Crippen LogP contribution >= 0.6 is 0 Å². The van der Waals surface area contributed by atoms with Gasteiger partial charge in [-0.2, -0.15) is 0 Å². The van der Waals surface area contributed by atoms with Crippen LogP contribution in [-0.2, 0) is 47.5 Å². The Kier molecular flexibility index (Phi) is 45.3. The molecule has 6 unspecified atom stereocenters. The first-order valence-corrected chi connectivity index (χ1v) is 26.1. The minimum absolute atomic E-state index is 0.00488. The molecule has 10 heteroatoms. The summed E-state index contributed by atoms with van der Waals surface area (Å²) < 4.78 is 46.2. The highest BCUT2D eigenvalue weighted by Crippen LogP contribution is 2.14. The van der Waals surface area contributed by atoms with E-state index in [-0.39, 0.29) is 61.4 Å². The zero-order valence-corrected chi connectivity index (χ0v) is 42.0. The van der Waals surface area contributed by atoms with Gasteiger partial charge in [0.15, 0.2) is 0 Å². The van der Waals surface area contributed by atoms with Gasteiger partial charge in [0, 0.05) is 26.1 Å². The van der Waals surface area contributed by atoms with Crippen molar-refractivity contribution < 1.29 is 47.5 Å². The summed E-state index contributed by atoms with van der Waals surface area (Å²) in [5.41, 5.74) is 0. The molecule has 0 aliphatic heterocycles. The molecule has 0 radical (unpaired) electrons. The first kappa shape index (κ1) is 60.7. The average molecular weight is 887 g/mol. The van der Waals surface area contributed by atoms with Gasteiger partial charge in [-0.05, 0) is 67.2 Å². The van der Waals surface area contributed by atoms with Crippen molar-refractivity contribution in [3.05, 3.63) is 0 Å². The minimum atomic E-state index is -0.370. The fraction of sp³-hybridized carbons (Fsp3) is 0.962. The Labute approximate surface area is 383 Å². The lowest BCUT2D eigenvalue weighted by Gasteiger charge is -2.20. The van der Waals surface area contributed by atoms with Crippen molar-refractivity contribution >= 4 is 11.9 Å². The quantitative estimate of drug-likeness (QED) is 0.0433. The van der Waals surface area contributed by atoms with E-state index in [0.717, 1.165) is 26.1 Å². The molecule has 0 fully saturated rings. The molecule has 0 spiro atoms. The van der Waals surface area contributed by atoms with Gasteiger partial charge in [-0.15, -0.1) is 0 Å². The fourth-order valence-corrected chi connectivity index (χ4v) is 7.15. The van der Waals surface area contributed by atoms with Crippen LogP contribution in [0.15, 0.2) is 0 Å². The summed E-state index contributed by atoms with van der Waals surface area (Å²) in [6.45, 7) is 20.3. The monoisotopic (exact) mass is 887 g/mol. The van der Waals surface area contributed by atoms with Crippen LogP contribution in [0.25, 0.3) is 0 Å². The van der Waals surface area contributed by atoms with Gasteiger partial charge in [-0.1, -0.05) is 155 Å². The number of hydrogen-bond donors (Lipinski definition) is 0. The summed E-state index contributed by atoms with van der Waals surface area (Å²) in [6.07, 6.45) is 32.7. The number of esters is 2. The first-order valence-electron chi connectivity index (χ1n) is 26.1. The van der Waals surface area contributed by atoms with Crippen LogP contribution in [0, 0.1) is 0 Å². The summed E-state index contributed by atoms with van der Waals surface area (Å²) >= 11 is 0. The van der Waals surface area contributed by atoms with Gasteiger partial charge >= 0.3 is 11.9 Å². The van der Waals surface area contributed by atoms with Gasteiger partial charge < -0.3 is 37.9 Å². The zero-order valence-electron chi connectivity index (χ0n) is 42.0. The first-order chi connectivity index (χ1) is 30.1. The van der Waals surface area contributed by atoms with E-state index < -0.39 is 0 Å². The van der Waals surface area contributed by atoms with Gasteiger partial charge in [-0.25, -0.2) is 0 Å². The number of hydrogen-bond acceptors (Lipinski definition) is 10. The molecule has 0 bridgehead atoms. The number of carbonyl (C=O) groups excluding carboxylic acids is 2. The molecule has 0 rings (SSSR count). The van der Waals surface area contributed by atoms with Crippen LogP contribution in [0.5, 0.6) is 0 Å². The molecule has 62 heavy (non-hydrogen) atoms. The molecular weight excluding hydrogens is 785 g/mol. The van der Waals surface area contributed by atoms with Gasteiger partial charge in [0.1, 0.15) is 12.2 Å². The highest BCUT2D eigenvalue weighted by molar-refractivity contribution is 5.70. The lowest BCUT2D eigenvalue weighted by molar-refractivity contribution is -0.155. The Balaban J connectivity index is 3.71. The summed E-state index contributed by atoms with van der Waals surface area (Å²) in [7, 11) is 0. The molecule has 10 nitrogen and oxygen atoms in total. The van der Waals surface area contributed by atoms with E-state index in [1.54, 1.807) is 0 Å². The lowest BCUT2D eigenvalue weighted by atomic mass is 10.1. The summed E-state index contributed by atoms with van der Waals surface area (Å²) in [5.74, 6) is -0.591. The Hall–Kier alpha value is -1.30. The van der Waals surface area contributed by atoms with E-state index in [1.807, 2.05) is 41.5 Å². The molecule has 0 saturated carbocycles. The molecule has 0 aliphatic carbocycles. The number of rotatable bonds is 49. The largest absolute Gasteiger partial charge is 0.460 e. The van der Waals surface area contributed by atoms with E-state index >= 15 is 0 Å². The Morgan fingerprint density at radius 1 is 0.306 bits per heavy atom. The molecule has 370 valence electrons. The predicted molar refractivity (Wildman–Crippen MR) is 255 cm³/mol. The molecular formula is C52H102O10. The maximum absolute atomic E-state index is 12.3. The summed E-state index contributed by atoms with van der Waals surface area (Å²) in [5, 5.41) is 0. The third kappa shape index (κ3) is 45.3. The van der Waals surface area contributed by atoms with Gasteiger partial charge in [-0.3, -0.25) is 9.59 Å². The van der Waals surface area contributed by atoms with Gasteiger partial charge in [0.25, 0.3) is 0 Å². The second-order valence-corrected chi connectivity index (χ2v) is 18.3. The molecule has 0 aromatic heterocycles. The van der Waals surface area contributed by atoms with Crippen molar-refractivity contribution in [1.29, 1.82) is 0 Å². The second kappa shape index (κ2) is 46.2. The summed E-state index contributed by atoms with van der Waals surface area (Å²) in [4.78, 5) is 24.7. The van der Waals surface area contributed by atoms with Crippen LogP contribution in [0.3, 0.4) is 0 Å². The molecule has 0 N–H and O–H groups in total. The average Bonchev–Trinajstić information content (AvgIpc) is 3.25. The van der Waals surface area contributed by atoms with Crippen LogP contribution in [0.4, 0.5) is 0 Å². The predicted octanol–water partition coefficient (Wildman–Crippen LogP) is 13.5. The van der Waals surface area contributed by atoms with Gasteiger partial charge in [0.05, 0.1) is 64.1 Å². The van der Waals surface area contributed by atoms with Crippen molar-refractivity contribution in [3.8, 4) is 0 Å². The van der Waals surface area contributed by atoms with Crippen molar-refractivity contribution in [2.75, 3.05) is 52.9 Å². The molecule has 6 atom stereocenters. The molecule has 0 amide bonds. The van der Waals surface area contributed by atoms with Crippen LogP contribution in [-0.4, -0.2) is 101 Å². The van der Waals surface area contributed by atoms with E-state index in [2.05, 4.69) is 13.8 Å². The second-order valence-electron chi connectivity index (χ2n) is 18.3. The fourth-order valence-electron chi connectivity index (χ4n) is 7.15.